The molecule has 0 aromatic carbocycles. The molecule has 0 spiro atoms. The lowest BCUT2D eigenvalue weighted by atomic mass is 10.4. The average molecular weight is 313 g/mol. The molecule has 0 amide bonds. The first-order chi connectivity index (χ1) is 10.8. The molecule has 5 nitrogen and oxygen atoms in total. The van der Waals surface area contributed by atoms with Crippen LogP contribution in [-0.2, 0) is 9.47 Å². The summed E-state index contributed by atoms with van der Waals surface area (Å²) in [4.78, 5) is 7.29. The molecular formula is C17H35N3O2. The van der Waals surface area contributed by atoms with Gasteiger partial charge >= 0.3 is 0 Å². The number of ether oxygens (including phenoxy) is 2. The molecule has 2 aliphatic heterocycles. The standard InChI is InChI=1S/C17H35N3O2/c1-18(10-14-21-16-12-19-6-2-3-7-19)11-15-22-17-13-20-8-4-5-9-20/h2-17H2,1H3. The minimum absolute atomic E-state index is 0.831. The van der Waals surface area contributed by atoms with E-state index in [0.717, 1.165) is 52.6 Å². The third kappa shape index (κ3) is 7.88. The van der Waals surface area contributed by atoms with Crippen LogP contribution in [0.2, 0.25) is 0 Å². The summed E-state index contributed by atoms with van der Waals surface area (Å²) in [6.45, 7) is 12.7. The molecule has 0 aliphatic carbocycles. The fourth-order valence-corrected chi connectivity index (χ4v) is 3.16. The van der Waals surface area contributed by atoms with Crippen molar-refractivity contribution in [1.29, 1.82) is 0 Å². The van der Waals surface area contributed by atoms with Gasteiger partial charge in [-0.2, -0.15) is 0 Å². The van der Waals surface area contributed by atoms with Gasteiger partial charge in [0.1, 0.15) is 0 Å². The van der Waals surface area contributed by atoms with E-state index in [1.165, 1.54) is 51.9 Å². The fourth-order valence-electron chi connectivity index (χ4n) is 3.16. The van der Waals surface area contributed by atoms with Gasteiger partial charge in [0.25, 0.3) is 0 Å². The minimum Gasteiger partial charge on any atom is -0.379 e. The molecule has 2 heterocycles. The van der Waals surface area contributed by atoms with E-state index < -0.39 is 0 Å². The number of hydrogen-bond donors (Lipinski definition) is 0. The second-order valence-corrected chi connectivity index (χ2v) is 6.63. The normalized spacial score (nSPS) is 20.5. The monoisotopic (exact) mass is 313 g/mol. The van der Waals surface area contributed by atoms with E-state index in [1.54, 1.807) is 0 Å². The maximum atomic E-state index is 5.73. The molecule has 0 aromatic rings. The maximum Gasteiger partial charge on any atom is 0.0594 e. The van der Waals surface area contributed by atoms with E-state index in [-0.39, 0.29) is 0 Å². The lowest BCUT2D eigenvalue weighted by molar-refractivity contribution is 0.0705. The van der Waals surface area contributed by atoms with Gasteiger partial charge in [-0.25, -0.2) is 0 Å². The van der Waals surface area contributed by atoms with Crippen LogP contribution in [0.5, 0.6) is 0 Å². The summed E-state index contributed by atoms with van der Waals surface area (Å²) < 4.78 is 11.5. The number of nitrogens with zero attached hydrogens (tertiary/aromatic N) is 3. The molecule has 0 aromatic heterocycles. The van der Waals surface area contributed by atoms with E-state index in [2.05, 4.69) is 21.7 Å². The Hall–Kier alpha value is -0.200. The van der Waals surface area contributed by atoms with Gasteiger partial charge in [-0.15, -0.1) is 0 Å². The van der Waals surface area contributed by atoms with Crippen molar-refractivity contribution in [2.75, 3.05) is 85.8 Å². The summed E-state index contributed by atoms with van der Waals surface area (Å²) >= 11 is 0. The van der Waals surface area contributed by atoms with Crippen molar-refractivity contribution in [2.45, 2.75) is 25.7 Å². The topological polar surface area (TPSA) is 28.2 Å². The van der Waals surface area contributed by atoms with Gasteiger partial charge in [0.2, 0.25) is 0 Å². The Morgan fingerprint density at radius 3 is 1.50 bits per heavy atom. The van der Waals surface area contributed by atoms with Gasteiger partial charge in [0.15, 0.2) is 0 Å². The summed E-state index contributed by atoms with van der Waals surface area (Å²) in [5.74, 6) is 0. The van der Waals surface area contributed by atoms with Crippen LogP contribution in [0.15, 0.2) is 0 Å². The van der Waals surface area contributed by atoms with E-state index in [1.807, 2.05) is 0 Å². The summed E-state index contributed by atoms with van der Waals surface area (Å²) in [5.41, 5.74) is 0. The van der Waals surface area contributed by atoms with Crippen molar-refractivity contribution in [1.82, 2.24) is 14.7 Å². The van der Waals surface area contributed by atoms with E-state index in [9.17, 15) is 0 Å². The Morgan fingerprint density at radius 1 is 0.682 bits per heavy atom. The smallest absolute Gasteiger partial charge is 0.0594 e. The van der Waals surface area contributed by atoms with Gasteiger partial charge in [-0.05, 0) is 58.9 Å². The highest BCUT2D eigenvalue weighted by atomic mass is 16.5. The summed E-state index contributed by atoms with van der Waals surface area (Å²) in [6, 6.07) is 0. The first-order valence-corrected chi connectivity index (χ1v) is 9.13. The van der Waals surface area contributed by atoms with Crippen LogP contribution in [0.1, 0.15) is 25.7 Å². The van der Waals surface area contributed by atoms with Crippen molar-refractivity contribution >= 4 is 0 Å². The van der Waals surface area contributed by atoms with Crippen LogP contribution in [0.3, 0.4) is 0 Å². The summed E-state index contributed by atoms with van der Waals surface area (Å²) in [7, 11) is 2.15. The molecule has 130 valence electrons. The van der Waals surface area contributed by atoms with Gasteiger partial charge < -0.3 is 24.2 Å². The number of likely N-dealkylation sites (N-methyl/N-ethyl adjacent to an activating group) is 1. The zero-order valence-corrected chi connectivity index (χ0v) is 14.5. The van der Waals surface area contributed by atoms with Crippen molar-refractivity contribution < 1.29 is 9.47 Å². The van der Waals surface area contributed by atoms with Gasteiger partial charge in [-0.3, -0.25) is 0 Å². The Morgan fingerprint density at radius 2 is 1.09 bits per heavy atom. The molecule has 2 aliphatic rings. The van der Waals surface area contributed by atoms with E-state index in [0.29, 0.717) is 0 Å². The molecule has 0 atom stereocenters. The zero-order valence-electron chi connectivity index (χ0n) is 14.5. The molecule has 0 N–H and O–H groups in total. The lowest BCUT2D eigenvalue weighted by Gasteiger charge is -2.19. The van der Waals surface area contributed by atoms with Crippen molar-refractivity contribution in [3.05, 3.63) is 0 Å². The predicted molar refractivity (Wildman–Crippen MR) is 90.5 cm³/mol. The molecule has 0 bridgehead atoms. The predicted octanol–water partition coefficient (Wildman–Crippen LogP) is 1.14. The molecule has 0 saturated carbocycles. The van der Waals surface area contributed by atoms with Crippen molar-refractivity contribution in [3.8, 4) is 0 Å². The first-order valence-electron chi connectivity index (χ1n) is 9.13. The summed E-state index contributed by atoms with van der Waals surface area (Å²) in [5, 5.41) is 0. The third-order valence-electron chi connectivity index (χ3n) is 4.74. The number of rotatable bonds is 12. The zero-order chi connectivity index (χ0) is 15.5. The van der Waals surface area contributed by atoms with E-state index >= 15 is 0 Å². The second kappa shape index (κ2) is 11.4. The minimum atomic E-state index is 0.831. The number of likely N-dealkylation sites (tertiary alicyclic amines) is 2. The molecule has 22 heavy (non-hydrogen) atoms. The molecule has 2 rings (SSSR count). The van der Waals surface area contributed by atoms with Crippen LogP contribution < -0.4 is 0 Å². The van der Waals surface area contributed by atoms with Crippen molar-refractivity contribution in [3.63, 3.8) is 0 Å². The van der Waals surface area contributed by atoms with Crippen molar-refractivity contribution in [2.24, 2.45) is 0 Å². The average Bonchev–Trinajstić information content (AvgIpc) is 3.19. The SMILES string of the molecule is CN(CCOCCN1CCCC1)CCOCCN1CCCC1. The Balaban J connectivity index is 1.32. The second-order valence-electron chi connectivity index (χ2n) is 6.63. The maximum absolute atomic E-state index is 5.73. The Kier molecular flexibility index (Phi) is 9.36. The van der Waals surface area contributed by atoms with Gasteiger partial charge in [0, 0.05) is 26.2 Å². The van der Waals surface area contributed by atoms with Crippen LogP contribution in [0.25, 0.3) is 0 Å². The Labute approximate surface area is 136 Å². The molecule has 0 unspecified atom stereocenters. The quantitative estimate of drug-likeness (QED) is 0.504. The van der Waals surface area contributed by atoms with Crippen LogP contribution in [0, 0.1) is 0 Å². The lowest BCUT2D eigenvalue weighted by Crippen LogP contribution is -2.30. The number of hydrogen-bond acceptors (Lipinski definition) is 5. The molecule has 0 radical (unpaired) electrons. The highest BCUT2D eigenvalue weighted by Crippen LogP contribution is 2.06. The van der Waals surface area contributed by atoms with Gasteiger partial charge in [-0.1, -0.05) is 0 Å². The fraction of sp³-hybridized carbons (Fsp3) is 1.00. The van der Waals surface area contributed by atoms with E-state index in [4.69, 9.17) is 9.47 Å². The largest absolute Gasteiger partial charge is 0.379 e. The summed E-state index contributed by atoms with van der Waals surface area (Å²) in [6.07, 6.45) is 5.45. The molecular weight excluding hydrogens is 278 g/mol. The van der Waals surface area contributed by atoms with Crippen LogP contribution in [-0.4, -0.2) is 101 Å². The van der Waals surface area contributed by atoms with Crippen LogP contribution >= 0.6 is 0 Å². The highest BCUT2D eigenvalue weighted by molar-refractivity contribution is 4.66. The molecule has 2 fully saturated rings. The van der Waals surface area contributed by atoms with Gasteiger partial charge in [0.05, 0.1) is 26.4 Å². The molecule has 5 heteroatoms. The Bertz CT molecular complexity index is 241. The highest BCUT2D eigenvalue weighted by Gasteiger charge is 2.11. The third-order valence-corrected chi connectivity index (χ3v) is 4.74. The van der Waals surface area contributed by atoms with Crippen LogP contribution in [0.4, 0.5) is 0 Å². The molecule has 2 saturated heterocycles. The first kappa shape index (κ1) is 18.1.